The molecule has 4 rings (SSSR count). The third-order valence-electron chi connectivity index (χ3n) is 4.76. The highest BCUT2D eigenvalue weighted by atomic mass is 32.2. The van der Waals surface area contributed by atoms with Crippen LogP contribution in [0.5, 0.6) is 0 Å². The first kappa shape index (κ1) is 17.3. The van der Waals surface area contributed by atoms with Gasteiger partial charge in [-0.15, -0.1) is 11.3 Å². The second-order valence-electron chi connectivity index (χ2n) is 6.39. The van der Waals surface area contributed by atoms with Gasteiger partial charge in [-0.2, -0.15) is 5.10 Å². The minimum absolute atomic E-state index is 0.161. The second kappa shape index (κ2) is 7.24. The number of H-pyrrole nitrogens is 1. The van der Waals surface area contributed by atoms with E-state index >= 15 is 0 Å². The Kier molecular flexibility index (Phi) is 4.82. The van der Waals surface area contributed by atoms with E-state index in [4.69, 9.17) is 0 Å². The van der Waals surface area contributed by atoms with Crippen LogP contribution in [0.4, 0.5) is 4.79 Å². The summed E-state index contributed by atoms with van der Waals surface area (Å²) < 4.78 is 0. The van der Waals surface area contributed by atoms with Gasteiger partial charge in [0.1, 0.15) is 0 Å². The predicted octanol–water partition coefficient (Wildman–Crippen LogP) is 2.87. The van der Waals surface area contributed by atoms with Crippen LogP contribution in [0.3, 0.4) is 0 Å². The van der Waals surface area contributed by atoms with Gasteiger partial charge in [0, 0.05) is 0 Å². The van der Waals surface area contributed by atoms with Gasteiger partial charge >= 0.3 is 0 Å². The molecule has 136 valence electrons. The Balaban J connectivity index is 1.48. The molecular formula is C17H18N4O3S2. The van der Waals surface area contributed by atoms with Gasteiger partial charge in [0.2, 0.25) is 5.91 Å². The number of hydrogen-bond donors (Lipinski definition) is 2. The number of hydrogen-bond acceptors (Lipinski definition) is 6. The van der Waals surface area contributed by atoms with Crippen LogP contribution in [0.15, 0.2) is 23.6 Å². The van der Waals surface area contributed by atoms with Crippen molar-refractivity contribution in [3.8, 4) is 10.6 Å². The molecule has 9 heteroatoms. The Labute approximate surface area is 158 Å². The fourth-order valence-corrected chi connectivity index (χ4v) is 4.97. The maximum absolute atomic E-state index is 12.6. The molecule has 2 aromatic rings. The Morgan fingerprint density at radius 3 is 2.88 bits per heavy atom. The van der Waals surface area contributed by atoms with Crippen LogP contribution < -0.4 is 5.32 Å². The zero-order valence-electron chi connectivity index (χ0n) is 13.9. The number of imide groups is 1. The molecule has 0 bridgehead atoms. The average Bonchev–Trinajstić information content (AvgIpc) is 3.37. The van der Waals surface area contributed by atoms with Crippen LogP contribution in [-0.2, 0) is 4.79 Å². The van der Waals surface area contributed by atoms with Crippen LogP contribution in [-0.4, -0.2) is 50.0 Å². The Morgan fingerprint density at radius 2 is 2.15 bits per heavy atom. The normalized spacial score (nSPS) is 23.5. The van der Waals surface area contributed by atoms with Crippen molar-refractivity contribution >= 4 is 40.2 Å². The smallest absolute Gasteiger partial charge is 0.289 e. The van der Waals surface area contributed by atoms with Crippen molar-refractivity contribution < 1.29 is 14.4 Å². The molecule has 3 heterocycles. The van der Waals surface area contributed by atoms with Crippen molar-refractivity contribution in [3.63, 3.8) is 0 Å². The number of carbonyl (C=O) groups is 3. The molecule has 1 aliphatic carbocycles. The molecule has 2 fully saturated rings. The third-order valence-corrected chi connectivity index (χ3v) is 6.50. The first-order valence-corrected chi connectivity index (χ1v) is 10.4. The molecule has 3 amide bonds. The fourth-order valence-electron chi connectivity index (χ4n) is 3.51. The number of carbonyl (C=O) groups excluding carboxylic acids is 3. The summed E-state index contributed by atoms with van der Waals surface area (Å²) in [5.74, 6) is -0.252. The molecule has 0 spiro atoms. The fraction of sp³-hybridized carbons (Fsp3) is 0.412. The summed E-state index contributed by atoms with van der Waals surface area (Å²) in [7, 11) is 0. The summed E-state index contributed by atoms with van der Waals surface area (Å²) >= 11 is 2.60. The molecule has 26 heavy (non-hydrogen) atoms. The Hall–Kier alpha value is -2.13. The Morgan fingerprint density at radius 1 is 1.31 bits per heavy atom. The average molecular weight is 390 g/mol. The molecule has 7 nitrogen and oxygen atoms in total. The molecule has 0 aromatic carbocycles. The second-order valence-corrected chi connectivity index (χ2v) is 8.27. The van der Waals surface area contributed by atoms with Gasteiger partial charge in [-0.25, -0.2) is 0 Å². The van der Waals surface area contributed by atoms with Gasteiger partial charge < -0.3 is 5.32 Å². The van der Waals surface area contributed by atoms with Crippen LogP contribution in [0.1, 0.15) is 36.2 Å². The molecule has 0 unspecified atom stereocenters. The highest BCUT2D eigenvalue weighted by Gasteiger charge is 2.41. The summed E-state index contributed by atoms with van der Waals surface area (Å²) in [6.07, 6.45) is 3.39. The molecule has 1 saturated carbocycles. The Bertz CT molecular complexity index is 817. The van der Waals surface area contributed by atoms with Gasteiger partial charge in [-0.3, -0.25) is 24.4 Å². The minimum atomic E-state index is -0.285. The van der Waals surface area contributed by atoms with Crippen molar-refractivity contribution in [2.75, 3.05) is 5.75 Å². The highest BCUT2D eigenvalue weighted by Crippen LogP contribution is 2.30. The summed E-state index contributed by atoms with van der Waals surface area (Å²) in [6.45, 7) is 0. The van der Waals surface area contributed by atoms with Crippen molar-refractivity contribution in [2.45, 2.75) is 37.8 Å². The van der Waals surface area contributed by atoms with Gasteiger partial charge in [0.15, 0.2) is 5.69 Å². The quantitative estimate of drug-likeness (QED) is 0.837. The summed E-state index contributed by atoms with van der Waals surface area (Å²) in [4.78, 5) is 39.1. The number of nitrogens with zero attached hydrogens (tertiary/aromatic N) is 2. The van der Waals surface area contributed by atoms with Crippen LogP contribution in [0, 0.1) is 0 Å². The van der Waals surface area contributed by atoms with Gasteiger partial charge in [-0.1, -0.05) is 30.7 Å². The van der Waals surface area contributed by atoms with Crippen LogP contribution >= 0.6 is 23.1 Å². The van der Waals surface area contributed by atoms with Gasteiger partial charge in [0.05, 0.1) is 28.4 Å². The van der Waals surface area contributed by atoms with E-state index in [1.54, 1.807) is 17.4 Å². The molecule has 2 aromatic heterocycles. The lowest BCUT2D eigenvalue weighted by molar-refractivity contribution is -0.127. The zero-order chi connectivity index (χ0) is 18.1. The lowest BCUT2D eigenvalue weighted by Crippen LogP contribution is -2.54. The standard InChI is InChI=1S/C17H18N4O3S2/c22-15-9-26-17(24)21(15)13-5-2-1-4-10(13)18-16(23)12-8-11(19-20-12)14-6-3-7-25-14/h3,6-8,10,13H,1-2,4-5,9H2,(H,18,23)(H,19,20)/t10-,13-/m0/s1. The lowest BCUT2D eigenvalue weighted by atomic mass is 9.89. The van der Waals surface area contributed by atoms with Gasteiger partial charge in [-0.05, 0) is 30.4 Å². The van der Waals surface area contributed by atoms with Crippen LogP contribution in [0.25, 0.3) is 10.6 Å². The first-order chi connectivity index (χ1) is 12.6. The van der Waals surface area contributed by atoms with E-state index in [0.29, 0.717) is 5.69 Å². The molecule has 1 saturated heterocycles. The first-order valence-electron chi connectivity index (χ1n) is 8.52. The van der Waals surface area contributed by atoms with E-state index in [-0.39, 0.29) is 34.9 Å². The number of amides is 3. The topological polar surface area (TPSA) is 95.2 Å². The third kappa shape index (κ3) is 3.28. The van der Waals surface area contributed by atoms with Crippen molar-refractivity contribution in [1.29, 1.82) is 0 Å². The van der Waals surface area contributed by atoms with E-state index in [9.17, 15) is 14.4 Å². The molecule has 2 N–H and O–H groups in total. The summed E-state index contributed by atoms with van der Waals surface area (Å²) in [6, 6.07) is 5.12. The molecule has 0 radical (unpaired) electrons. The molecule has 2 aliphatic rings. The molecule has 2 atom stereocenters. The maximum atomic E-state index is 12.6. The number of thiophene rings is 1. The van der Waals surface area contributed by atoms with E-state index < -0.39 is 0 Å². The van der Waals surface area contributed by atoms with Crippen molar-refractivity contribution in [3.05, 3.63) is 29.3 Å². The number of nitrogens with one attached hydrogen (secondary N) is 2. The van der Waals surface area contributed by atoms with Crippen molar-refractivity contribution in [1.82, 2.24) is 20.4 Å². The number of thioether (sulfide) groups is 1. The SMILES string of the molecule is O=C(N[C@H]1CCCC[C@@H]1N1C(=O)CSC1=O)c1cc(-c2cccs2)[nH]n1. The maximum Gasteiger partial charge on any atom is 0.289 e. The summed E-state index contributed by atoms with van der Waals surface area (Å²) in [5, 5.41) is 11.7. The van der Waals surface area contributed by atoms with Gasteiger partial charge in [0.25, 0.3) is 11.1 Å². The van der Waals surface area contributed by atoms with E-state index in [1.807, 2.05) is 17.5 Å². The van der Waals surface area contributed by atoms with E-state index in [0.717, 1.165) is 48.0 Å². The van der Waals surface area contributed by atoms with E-state index in [1.165, 1.54) is 4.90 Å². The summed E-state index contributed by atoms with van der Waals surface area (Å²) in [5.41, 5.74) is 1.11. The number of rotatable bonds is 4. The predicted molar refractivity (Wildman–Crippen MR) is 100 cm³/mol. The zero-order valence-corrected chi connectivity index (χ0v) is 15.6. The minimum Gasteiger partial charge on any atom is -0.346 e. The molecular weight excluding hydrogens is 372 g/mol. The largest absolute Gasteiger partial charge is 0.346 e. The van der Waals surface area contributed by atoms with Crippen molar-refractivity contribution in [2.24, 2.45) is 0 Å². The van der Waals surface area contributed by atoms with Crippen LogP contribution in [0.2, 0.25) is 0 Å². The number of aromatic amines is 1. The monoisotopic (exact) mass is 390 g/mol. The lowest BCUT2D eigenvalue weighted by Gasteiger charge is -2.36. The van der Waals surface area contributed by atoms with E-state index in [2.05, 4.69) is 15.5 Å². The highest BCUT2D eigenvalue weighted by molar-refractivity contribution is 8.14. The molecule has 1 aliphatic heterocycles. The number of aromatic nitrogens is 2.